The molecule has 2 nitrogen and oxygen atoms in total. The molecule has 0 aromatic carbocycles. The normalized spacial score (nSPS) is 29.4. The summed E-state index contributed by atoms with van der Waals surface area (Å²) in [6.07, 6.45) is 1.37. The summed E-state index contributed by atoms with van der Waals surface area (Å²) in [6.45, 7) is 2.96. The van der Waals surface area contributed by atoms with Gasteiger partial charge < -0.3 is 10.5 Å². The van der Waals surface area contributed by atoms with Crippen molar-refractivity contribution in [1.29, 1.82) is 0 Å². The summed E-state index contributed by atoms with van der Waals surface area (Å²) in [5, 5.41) is 2.07. The van der Waals surface area contributed by atoms with Crippen LogP contribution in [0, 0.1) is 5.92 Å². The fraction of sp³-hybridized carbons (Fsp3) is 0.600. The summed E-state index contributed by atoms with van der Waals surface area (Å²) in [5.74, 6) is 0.463. The van der Waals surface area contributed by atoms with Gasteiger partial charge in [0.1, 0.15) is 0 Å². The molecule has 14 heavy (non-hydrogen) atoms. The van der Waals surface area contributed by atoms with Gasteiger partial charge in [-0.15, -0.1) is 11.3 Å². The highest BCUT2D eigenvalue weighted by Gasteiger charge is 2.31. The van der Waals surface area contributed by atoms with Gasteiger partial charge in [0.2, 0.25) is 0 Å². The Morgan fingerprint density at radius 3 is 3.00 bits per heavy atom. The Hall–Kier alpha value is 0.100. The van der Waals surface area contributed by atoms with E-state index < -0.39 is 0 Å². The molecule has 2 rings (SSSR count). The molecule has 1 aliphatic rings. The van der Waals surface area contributed by atoms with Gasteiger partial charge in [-0.1, -0.05) is 0 Å². The second kappa shape index (κ2) is 4.31. The van der Waals surface area contributed by atoms with Gasteiger partial charge in [-0.05, 0) is 40.7 Å². The molecular formula is C10H14BrNOS. The van der Waals surface area contributed by atoms with Crippen molar-refractivity contribution >= 4 is 27.3 Å². The van der Waals surface area contributed by atoms with Crippen LogP contribution in [-0.4, -0.2) is 12.7 Å². The third-order valence-corrected chi connectivity index (χ3v) is 4.82. The minimum absolute atomic E-state index is 0.113. The summed E-state index contributed by atoms with van der Waals surface area (Å²) in [6, 6.07) is 2.17. The minimum Gasteiger partial charge on any atom is -0.378 e. The molecule has 0 radical (unpaired) electrons. The smallest absolute Gasteiger partial charge is 0.0594 e. The monoisotopic (exact) mass is 275 g/mol. The Bertz CT molecular complexity index is 315. The number of hydrogen-bond acceptors (Lipinski definition) is 3. The zero-order chi connectivity index (χ0) is 10.1. The maximum atomic E-state index is 6.24. The van der Waals surface area contributed by atoms with Crippen molar-refractivity contribution in [1.82, 2.24) is 0 Å². The molecule has 1 aliphatic heterocycles. The summed E-state index contributed by atoms with van der Waals surface area (Å²) in [5.41, 5.74) is 6.24. The van der Waals surface area contributed by atoms with Crippen molar-refractivity contribution in [2.24, 2.45) is 11.7 Å². The molecule has 1 saturated heterocycles. The van der Waals surface area contributed by atoms with Crippen LogP contribution in [0.1, 0.15) is 24.3 Å². The fourth-order valence-electron chi connectivity index (χ4n) is 1.96. The Morgan fingerprint density at radius 2 is 2.50 bits per heavy atom. The second-order valence-corrected chi connectivity index (χ2v) is 5.49. The number of thiophene rings is 1. The Morgan fingerprint density at radius 1 is 1.71 bits per heavy atom. The summed E-state index contributed by atoms with van der Waals surface area (Å²) >= 11 is 5.24. The van der Waals surface area contributed by atoms with Gasteiger partial charge in [-0.2, -0.15) is 0 Å². The van der Waals surface area contributed by atoms with Crippen molar-refractivity contribution in [3.05, 3.63) is 20.8 Å². The number of rotatable bonds is 2. The minimum atomic E-state index is 0.113. The number of nitrogens with two attached hydrogens (primary N) is 1. The van der Waals surface area contributed by atoms with Crippen LogP contribution in [0.5, 0.6) is 0 Å². The van der Waals surface area contributed by atoms with E-state index in [2.05, 4.69) is 34.3 Å². The van der Waals surface area contributed by atoms with E-state index in [1.165, 1.54) is 4.88 Å². The highest BCUT2D eigenvalue weighted by atomic mass is 79.9. The van der Waals surface area contributed by atoms with Crippen LogP contribution >= 0.6 is 27.3 Å². The van der Waals surface area contributed by atoms with E-state index in [9.17, 15) is 0 Å². The lowest BCUT2D eigenvalue weighted by molar-refractivity contribution is 0.0997. The predicted octanol–water partition coefficient (Wildman–Crippen LogP) is 2.94. The van der Waals surface area contributed by atoms with Gasteiger partial charge in [0, 0.05) is 27.9 Å². The maximum absolute atomic E-state index is 6.24. The Balaban J connectivity index is 2.15. The van der Waals surface area contributed by atoms with Crippen LogP contribution in [0.2, 0.25) is 0 Å². The zero-order valence-electron chi connectivity index (χ0n) is 8.07. The second-order valence-electron chi connectivity index (χ2n) is 3.69. The van der Waals surface area contributed by atoms with Crippen LogP contribution in [0.15, 0.2) is 15.9 Å². The lowest BCUT2D eigenvalue weighted by atomic mass is 9.93. The fourth-order valence-corrected chi connectivity index (χ4v) is 3.67. The van der Waals surface area contributed by atoms with Gasteiger partial charge in [0.25, 0.3) is 0 Å². The molecule has 0 spiro atoms. The first-order valence-electron chi connectivity index (χ1n) is 4.80. The van der Waals surface area contributed by atoms with Gasteiger partial charge >= 0.3 is 0 Å². The molecule has 0 aliphatic carbocycles. The number of hydrogen-bond donors (Lipinski definition) is 1. The van der Waals surface area contributed by atoms with Crippen LogP contribution in [-0.2, 0) is 4.74 Å². The molecule has 3 atom stereocenters. The lowest BCUT2D eigenvalue weighted by Crippen LogP contribution is -2.26. The van der Waals surface area contributed by atoms with Crippen LogP contribution in [0.3, 0.4) is 0 Å². The van der Waals surface area contributed by atoms with Crippen molar-refractivity contribution in [2.75, 3.05) is 6.61 Å². The van der Waals surface area contributed by atoms with Crippen LogP contribution in [0.4, 0.5) is 0 Å². The van der Waals surface area contributed by atoms with Crippen LogP contribution in [0.25, 0.3) is 0 Å². The molecule has 0 saturated carbocycles. The standard InChI is InChI=1S/C10H14BrNOS/c1-6-7(2-4-13-6)9(12)10-8(11)3-5-14-10/h3,5-7,9H,2,4,12H2,1H3. The molecule has 4 heteroatoms. The quantitative estimate of drug-likeness (QED) is 0.901. The van der Waals surface area contributed by atoms with Crippen molar-refractivity contribution in [3.63, 3.8) is 0 Å². The third-order valence-electron chi connectivity index (χ3n) is 2.84. The van der Waals surface area contributed by atoms with E-state index in [1.807, 2.05) is 0 Å². The van der Waals surface area contributed by atoms with Gasteiger partial charge in [-0.3, -0.25) is 0 Å². The molecule has 0 amide bonds. The van der Waals surface area contributed by atoms with Crippen molar-refractivity contribution < 1.29 is 4.74 Å². The topological polar surface area (TPSA) is 35.2 Å². The molecule has 2 heterocycles. The van der Waals surface area contributed by atoms with E-state index in [0.29, 0.717) is 12.0 Å². The molecule has 2 N–H and O–H groups in total. The highest BCUT2D eigenvalue weighted by Crippen LogP contribution is 2.37. The maximum Gasteiger partial charge on any atom is 0.0594 e. The van der Waals surface area contributed by atoms with Gasteiger partial charge in [-0.25, -0.2) is 0 Å². The van der Waals surface area contributed by atoms with Crippen molar-refractivity contribution in [3.8, 4) is 0 Å². The predicted molar refractivity (Wildman–Crippen MR) is 62.5 cm³/mol. The van der Waals surface area contributed by atoms with E-state index in [4.69, 9.17) is 10.5 Å². The molecule has 1 aromatic heterocycles. The van der Waals surface area contributed by atoms with Crippen LogP contribution < -0.4 is 5.73 Å². The Labute approximate surface area is 96.6 Å². The first-order chi connectivity index (χ1) is 6.70. The van der Waals surface area contributed by atoms with E-state index >= 15 is 0 Å². The van der Waals surface area contributed by atoms with Crippen molar-refractivity contribution in [2.45, 2.75) is 25.5 Å². The molecule has 1 aromatic rings. The Kier molecular flexibility index (Phi) is 3.27. The van der Waals surface area contributed by atoms with E-state index in [0.717, 1.165) is 17.5 Å². The SMILES string of the molecule is CC1OCCC1C(N)c1sccc1Br. The molecule has 0 bridgehead atoms. The molecular weight excluding hydrogens is 262 g/mol. The largest absolute Gasteiger partial charge is 0.378 e. The summed E-state index contributed by atoms with van der Waals surface area (Å²) in [4.78, 5) is 1.24. The summed E-state index contributed by atoms with van der Waals surface area (Å²) < 4.78 is 6.67. The molecule has 3 unspecified atom stereocenters. The van der Waals surface area contributed by atoms with E-state index in [-0.39, 0.29) is 6.04 Å². The number of ether oxygens (including phenoxy) is 1. The highest BCUT2D eigenvalue weighted by molar-refractivity contribution is 9.10. The van der Waals surface area contributed by atoms with Gasteiger partial charge in [0.05, 0.1) is 6.10 Å². The van der Waals surface area contributed by atoms with E-state index in [1.54, 1.807) is 11.3 Å². The average molecular weight is 276 g/mol. The molecule has 1 fully saturated rings. The van der Waals surface area contributed by atoms with Gasteiger partial charge in [0.15, 0.2) is 0 Å². The first kappa shape index (κ1) is 10.6. The zero-order valence-corrected chi connectivity index (χ0v) is 10.5. The lowest BCUT2D eigenvalue weighted by Gasteiger charge is -2.21. The first-order valence-corrected chi connectivity index (χ1v) is 6.47. The average Bonchev–Trinajstić information content (AvgIpc) is 2.73. The number of halogens is 1. The summed E-state index contributed by atoms with van der Waals surface area (Å²) in [7, 11) is 0. The third kappa shape index (κ3) is 1.89. The molecule has 78 valence electrons.